The number of carboxylic acids is 1. The van der Waals surface area contributed by atoms with E-state index in [9.17, 15) is 9.90 Å². The highest BCUT2D eigenvalue weighted by Gasteiger charge is 2.43. The number of rotatable bonds is 6. The molecule has 0 radical (unpaired) electrons. The standard InChI is InChI=1S/C18H25NO2/c1-2-8-18(17(20)21)9-10-19(13-18)12-14-4-3-5-16(11-14)15-6-7-15/h3-5,11,15H,2,6-10,12-13H2,1H3,(H,20,21). The summed E-state index contributed by atoms with van der Waals surface area (Å²) in [6.07, 6.45) is 5.17. The third-order valence-electron chi connectivity index (χ3n) is 5.02. The van der Waals surface area contributed by atoms with Crippen molar-refractivity contribution in [1.82, 2.24) is 4.90 Å². The number of hydrogen-bond donors (Lipinski definition) is 1. The minimum absolute atomic E-state index is 0.511. The number of aliphatic carboxylic acids is 1. The number of nitrogens with zero attached hydrogens (tertiary/aromatic N) is 1. The maximum atomic E-state index is 11.6. The fourth-order valence-electron chi connectivity index (χ4n) is 3.68. The molecule has 1 saturated heterocycles. The van der Waals surface area contributed by atoms with Crippen LogP contribution in [0.2, 0.25) is 0 Å². The average Bonchev–Trinajstić information content (AvgIpc) is 3.23. The maximum Gasteiger partial charge on any atom is 0.310 e. The van der Waals surface area contributed by atoms with E-state index < -0.39 is 11.4 Å². The van der Waals surface area contributed by atoms with Gasteiger partial charge in [-0.25, -0.2) is 0 Å². The first kappa shape index (κ1) is 14.6. The van der Waals surface area contributed by atoms with Crippen LogP contribution in [-0.4, -0.2) is 29.1 Å². The third-order valence-corrected chi connectivity index (χ3v) is 5.02. The summed E-state index contributed by atoms with van der Waals surface area (Å²) in [5, 5.41) is 9.58. The summed E-state index contributed by atoms with van der Waals surface area (Å²) in [4.78, 5) is 14.0. The Morgan fingerprint density at radius 3 is 2.90 bits per heavy atom. The van der Waals surface area contributed by atoms with Gasteiger partial charge >= 0.3 is 5.97 Å². The molecule has 1 unspecified atom stereocenters. The van der Waals surface area contributed by atoms with Crippen LogP contribution < -0.4 is 0 Å². The molecule has 1 N–H and O–H groups in total. The highest BCUT2D eigenvalue weighted by Crippen LogP contribution is 2.40. The lowest BCUT2D eigenvalue weighted by Gasteiger charge is -2.24. The van der Waals surface area contributed by atoms with Crippen molar-refractivity contribution in [3.8, 4) is 0 Å². The summed E-state index contributed by atoms with van der Waals surface area (Å²) in [7, 11) is 0. The van der Waals surface area contributed by atoms with Gasteiger partial charge in [0.2, 0.25) is 0 Å². The number of hydrogen-bond acceptors (Lipinski definition) is 2. The van der Waals surface area contributed by atoms with Crippen molar-refractivity contribution in [2.45, 2.75) is 51.5 Å². The molecule has 1 aliphatic heterocycles. The molecule has 3 heteroatoms. The van der Waals surface area contributed by atoms with Crippen molar-refractivity contribution in [3.05, 3.63) is 35.4 Å². The van der Waals surface area contributed by atoms with Crippen LogP contribution in [0.1, 0.15) is 56.1 Å². The fourth-order valence-corrected chi connectivity index (χ4v) is 3.68. The Balaban J connectivity index is 1.66. The van der Waals surface area contributed by atoms with Crippen LogP contribution in [0.25, 0.3) is 0 Å². The van der Waals surface area contributed by atoms with Crippen molar-refractivity contribution < 1.29 is 9.90 Å². The lowest BCUT2D eigenvalue weighted by Crippen LogP contribution is -2.34. The molecule has 0 bridgehead atoms. The van der Waals surface area contributed by atoms with E-state index in [2.05, 4.69) is 36.1 Å². The second-order valence-electron chi connectivity index (χ2n) is 6.82. The Morgan fingerprint density at radius 2 is 2.24 bits per heavy atom. The molecule has 2 aliphatic rings. The SMILES string of the molecule is CCCC1(C(=O)O)CCN(Cc2cccc(C3CC3)c2)C1. The number of likely N-dealkylation sites (tertiary alicyclic amines) is 1. The monoisotopic (exact) mass is 287 g/mol. The molecule has 114 valence electrons. The molecule has 3 rings (SSSR count). The van der Waals surface area contributed by atoms with E-state index in [-0.39, 0.29) is 0 Å². The second-order valence-corrected chi connectivity index (χ2v) is 6.82. The van der Waals surface area contributed by atoms with Gasteiger partial charge in [-0.1, -0.05) is 37.6 Å². The number of carboxylic acid groups (broad SMARTS) is 1. The van der Waals surface area contributed by atoms with E-state index in [4.69, 9.17) is 0 Å². The summed E-state index contributed by atoms with van der Waals surface area (Å²) < 4.78 is 0. The first-order valence-electron chi connectivity index (χ1n) is 8.17. The van der Waals surface area contributed by atoms with Gasteiger partial charge in [-0.3, -0.25) is 9.69 Å². The average molecular weight is 287 g/mol. The molecule has 21 heavy (non-hydrogen) atoms. The van der Waals surface area contributed by atoms with E-state index in [1.165, 1.54) is 24.0 Å². The first-order valence-corrected chi connectivity index (χ1v) is 8.17. The van der Waals surface area contributed by atoms with Crippen molar-refractivity contribution in [2.75, 3.05) is 13.1 Å². The molecule has 1 aliphatic carbocycles. The van der Waals surface area contributed by atoms with Gasteiger partial charge in [0.25, 0.3) is 0 Å². The Kier molecular flexibility index (Phi) is 4.03. The summed E-state index contributed by atoms with van der Waals surface area (Å²) in [5.41, 5.74) is 2.28. The largest absolute Gasteiger partial charge is 0.481 e. The normalized spacial score (nSPS) is 26.1. The highest BCUT2D eigenvalue weighted by molar-refractivity contribution is 5.75. The van der Waals surface area contributed by atoms with E-state index in [1.54, 1.807) is 0 Å². The molecule has 1 atom stereocenters. The summed E-state index contributed by atoms with van der Waals surface area (Å²) in [6, 6.07) is 8.87. The predicted octanol–water partition coefficient (Wildman–Crippen LogP) is 3.64. The molecule has 1 saturated carbocycles. The van der Waals surface area contributed by atoms with Crippen LogP contribution in [0, 0.1) is 5.41 Å². The molecule has 1 aromatic carbocycles. The van der Waals surface area contributed by atoms with Crippen LogP contribution in [-0.2, 0) is 11.3 Å². The van der Waals surface area contributed by atoms with Crippen molar-refractivity contribution in [1.29, 1.82) is 0 Å². The summed E-state index contributed by atoms with van der Waals surface area (Å²) in [6.45, 7) is 4.57. The fraction of sp³-hybridized carbons (Fsp3) is 0.611. The van der Waals surface area contributed by atoms with Crippen molar-refractivity contribution in [3.63, 3.8) is 0 Å². The highest BCUT2D eigenvalue weighted by atomic mass is 16.4. The Morgan fingerprint density at radius 1 is 1.43 bits per heavy atom. The molecule has 3 nitrogen and oxygen atoms in total. The predicted molar refractivity (Wildman–Crippen MR) is 83.3 cm³/mol. The minimum atomic E-state index is -0.612. The van der Waals surface area contributed by atoms with Crippen molar-refractivity contribution >= 4 is 5.97 Å². The maximum absolute atomic E-state index is 11.6. The summed E-state index contributed by atoms with van der Waals surface area (Å²) >= 11 is 0. The van der Waals surface area contributed by atoms with Crippen molar-refractivity contribution in [2.24, 2.45) is 5.41 Å². The van der Waals surface area contributed by atoms with Crippen LogP contribution in [0.3, 0.4) is 0 Å². The van der Waals surface area contributed by atoms with Gasteiger partial charge in [-0.15, -0.1) is 0 Å². The zero-order valence-electron chi connectivity index (χ0n) is 12.8. The van der Waals surface area contributed by atoms with Gasteiger partial charge in [-0.2, -0.15) is 0 Å². The molecule has 2 fully saturated rings. The Labute approximate surface area is 127 Å². The molecule has 0 aromatic heterocycles. The van der Waals surface area contributed by atoms with E-state index in [0.717, 1.165) is 38.3 Å². The number of carbonyl (C=O) groups is 1. The van der Waals surface area contributed by atoms with Gasteiger partial charge in [0.05, 0.1) is 5.41 Å². The van der Waals surface area contributed by atoms with Gasteiger partial charge in [0, 0.05) is 13.1 Å². The Hall–Kier alpha value is -1.35. The molecule has 0 amide bonds. The van der Waals surface area contributed by atoms with Crippen LogP contribution >= 0.6 is 0 Å². The quantitative estimate of drug-likeness (QED) is 0.868. The first-order chi connectivity index (χ1) is 10.1. The van der Waals surface area contributed by atoms with Gasteiger partial charge in [0.15, 0.2) is 0 Å². The second kappa shape index (κ2) is 5.80. The smallest absolute Gasteiger partial charge is 0.310 e. The van der Waals surface area contributed by atoms with Gasteiger partial charge < -0.3 is 5.11 Å². The van der Waals surface area contributed by atoms with Crippen LogP contribution in [0.5, 0.6) is 0 Å². The van der Waals surface area contributed by atoms with Crippen LogP contribution in [0.15, 0.2) is 24.3 Å². The molecule has 1 heterocycles. The van der Waals surface area contributed by atoms with Gasteiger partial charge in [0.1, 0.15) is 0 Å². The molecular formula is C18H25NO2. The van der Waals surface area contributed by atoms with E-state index in [0.29, 0.717) is 6.54 Å². The lowest BCUT2D eigenvalue weighted by molar-refractivity contribution is -0.148. The van der Waals surface area contributed by atoms with Crippen LogP contribution in [0.4, 0.5) is 0 Å². The number of benzene rings is 1. The van der Waals surface area contributed by atoms with E-state index >= 15 is 0 Å². The molecular weight excluding hydrogens is 262 g/mol. The zero-order chi connectivity index (χ0) is 14.9. The lowest BCUT2D eigenvalue weighted by atomic mass is 9.83. The van der Waals surface area contributed by atoms with E-state index in [1.807, 2.05) is 0 Å². The molecule has 1 aromatic rings. The van der Waals surface area contributed by atoms with Gasteiger partial charge in [-0.05, 0) is 49.3 Å². The minimum Gasteiger partial charge on any atom is -0.481 e. The third kappa shape index (κ3) is 3.13. The Bertz CT molecular complexity index is 524. The molecule has 0 spiro atoms. The summed E-state index contributed by atoms with van der Waals surface area (Å²) in [5.74, 6) is 0.167. The zero-order valence-corrected chi connectivity index (χ0v) is 12.8. The topological polar surface area (TPSA) is 40.5 Å².